The molecule has 1 aromatic heterocycles. The number of phenolic OH excluding ortho intramolecular Hbond substituents is 1. The van der Waals surface area contributed by atoms with Crippen molar-refractivity contribution < 1.29 is 5.11 Å². The van der Waals surface area contributed by atoms with E-state index in [1.54, 1.807) is 12.1 Å². The lowest BCUT2D eigenvalue weighted by molar-refractivity contribution is 0.475. The summed E-state index contributed by atoms with van der Waals surface area (Å²) in [5.41, 5.74) is 8.58. The lowest BCUT2D eigenvalue weighted by Gasteiger charge is -2.11. The summed E-state index contributed by atoms with van der Waals surface area (Å²) >= 11 is 0. The number of anilines is 2. The van der Waals surface area contributed by atoms with E-state index in [0.717, 1.165) is 17.5 Å². The van der Waals surface area contributed by atoms with Gasteiger partial charge in [-0.05, 0) is 24.1 Å². The first-order chi connectivity index (χ1) is 12.2. The van der Waals surface area contributed by atoms with Crippen LogP contribution >= 0.6 is 0 Å². The lowest BCUT2D eigenvalue weighted by atomic mass is 10.1. The van der Waals surface area contributed by atoms with Crippen molar-refractivity contribution in [2.75, 3.05) is 17.6 Å². The minimum absolute atomic E-state index is 0.116. The van der Waals surface area contributed by atoms with Gasteiger partial charge in [-0.2, -0.15) is 10.2 Å². The number of nitrogen functional groups attached to an aromatic ring is 1. The zero-order valence-electron chi connectivity index (χ0n) is 13.5. The predicted octanol–water partition coefficient (Wildman–Crippen LogP) is 2.96. The van der Waals surface area contributed by atoms with Gasteiger partial charge in [0.05, 0.1) is 5.69 Å². The van der Waals surface area contributed by atoms with Crippen LogP contribution in [-0.2, 0) is 6.42 Å². The Morgan fingerprint density at radius 1 is 1.04 bits per heavy atom. The van der Waals surface area contributed by atoms with E-state index in [1.807, 2.05) is 42.5 Å². The average molecular weight is 331 g/mol. The summed E-state index contributed by atoms with van der Waals surface area (Å²) in [6, 6.07) is 18.6. The number of nitrogens with zero attached hydrogens (tertiary/aromatic N) is 3. The molecule has 0 aliphatic rings. The van der Waals surface area contributed by atoms with E-state index in [0.29, 0.717) is 23.6 Å². The molecule has 4 N–H and O–H groups in total. The van der Waals surface area contributed by atoms with Gasteiger partial charge >= 0.3 is 0 Å². The van der Waals surface area contributed by atoms with E-state index >= 15 is 0 Å². The van der Waals surface area contributed by atoms with Crippen LogP contribution in [0.4, 0.5) is 11.8 Å². The maximum absolute atomic E-state index is 9.56. The summed E-state index contributed by atoms with van der Waals surface area (Å²) in [7, 11) is 0. The third-order valence-electron chi connectivity index (χ3n) is 3.73. The van der Waals surface area contributed by atoms with Crippen molar-refractivity contribution in [2.45, 2.75) is 6.42 Å². The van der Waals surface area contributed by atoms with Crippen LogP contribution in [-0.4, -0.2) is 21.6 Å². The second-order valence-electron chi connectivity index (χ2n) is 5.48. The second kappa shape index (κ2) is 7.32. The first-order valence-electron chi connectivity index (χ1n) is 7.82. The van der Waals surface area contributed by atoms with Crippen molar-refractivity contribution in [1.82, 2.24) is 9.97 Å². The maximum atomic E-state index is 9.56. The van der Waals surface area contributed by atoms with E-state index in [4.69, 9.17) is 5.73 Å². The topological polar surface area (TPSA) is 108 Å². The normalized spacial score (nSPS) is 10.2. The van der Waals surface area contributed by atoms with Crippen molar-refractivity contribution in [3.05, 3.63) is 65.7 Å². The molecule has 0 amide bonds. The largest absolute Gasteiger partial charge is 0.508 e. The molecule has 2 aromatic carbocycles. The Kier molecular flexibility index (Phi) is 4.77. The van der Waals surface area contributed by atoms with E-state index in [9.17, 15) is 10.4 Å². The van der Waals surface area contributed by atoms with Crippen molar-refractivity contribution in [3.63, 3.8) is 0 Å². The number of hydrogen-bond acceptors (Lipinski definition) is 6. The Morgan fingerprint density at radius 3 is 2.44 bits per heavy atom. The Bertz CT molecular complexity index is 902. The Balaban J connectivity index is 1.82. The molecule has 0 aliphatic carbocycles. The first kappa shape index (κ1) is 16.3. The van der Waals surface area contributed by atoms with Crippen LogP contribution in [0.2, 0.25) is 0 Å². The van der Waals surface area contributed by atoms with Gasteiger partial charge in [0.1, 0.15) is 23.2 Å². The second-order valence-corrected chi connectivity index (χ2v) is 5.48. The fourth-order valence-electron chi connectivity index (χ4n) is 2.50. The van der Waals surface area contributed by atoms with Crippen molar-refractivity contribution in [1.29, 1.82) is 5.26 Å². The summed E-state index contributed by atoms with van der Waals surface area (Å²) in [4.78, 5) is 8.40. The van der Waals surface area contributed by atoms with Gasteiger partial charge in [0.2, 0.25) is 5.95 Å². The highest BCUT2D eigenvalue weighted by Crippen LogP contribution is 2.26. The van der Waals surface area contributed by atoms with Crippen LogP contribution < -0.4 is 11.1 Å². The Morgan fingerprint density at radius 2 is 1.76 bits per heavy atom. The minimum Gasteiger partial charge on any atom is -0.508 e. The monoisotopic (exact) mass is 331 g/mol. The average Bonchev–Trinajstić information content (AvgIpc) is 2.64. The number of benzene rings is 2. The molecule has 0 unspecified atom stereocenters. The SMILES string of the molecule is N#Cc1c(NCCc2ccc(O)cc2)nc(N)nc1-c1ccccc1. The van der Waals surface area contributed by atoms with Gasteiger partial charge < -0.3 is 16.2 Å². The first-order valence-corrected chi connectivity index (χ1v) is 7.82. The van der Waals surface area contributed by atoms with Gasteiger partial charge in [0.15, 0.2) is 0 Å². The van der Waals surface area contributed by atoms with Crippen LogP contribution in [0.25, 0.3) is 11.3 Å². The number of phenols is 1. The number of nitrogens with two attached hydrogens (primary N) is 1. The standard InChI is InChI=1S/C19H17N5O/c20-12-16-17(14-4-2-1-3-5-14)23-19(21)24-18(16)22-11-10-13-6-8-15(25)9-7-13/h1-9,25H,10-11H2,(H3,21,22,23,24). The lowest BCUT2D eigenvalue weighted by Crippen LogP contribution is -2.11. The highest BCUT2D eigenvalue weighted by Gasteiger charge is 2.14. The molecule has 0 radical (unpaired) electrons. The number of nitriles is 1. The van der Waals surface area contributed by atoms with Gasteiger partial charge in [-0.3, -0.25) is 0 Å². The number of aromatic nitrogens is 2. The summed E-state index contributed by atoms with van der Waals surface area (Å²) in [5.74, 6) is 0.775. The molecule has 1 heterocycles. The number of aromatic hydroxyl groups is 1. The van der Waals surface area contributed by atoms with E-state index in [-0.39, 0.29) is 11.7 Å². The van der Waals surface area contributed by atoms with Crippen molar-refractivity contribution in [2.24, 2.45) is 0 Å². The molecule has 6 heteroatoms. The number of hydrogen-bond donors (Lipinski definition) is 3. The Labute approximate surface area is 145 Å². The highest BCUT2D eigenvalue weighted by molar-refractivity contribution is 5.73. The molecular weight excluding hydrogens is 314 g/mol. The summed E-state index contributed by atoms with van der Waals surface area (Å²) in [6.07, 6.45) is 0.718. The van der Waals surface area contributed by atoms with Crippen LogP contribution in [0.3, 0.4) is 0 Å². The van der Waals surface area contributed by atoms with E-state index in [2.05, 4.69) is 21.4 Å². The third kappa shape index (κ3) is 3.85. The van der Waals surface area contributed by atoms with Crippen molar-refractivity contribution >= 4 is 11.8 Å². The van der Waals surface area contributed by atoms with E-state index < -0.39 is 0 Å². The molecule has 0 atom stereocenters. The molecule has 124 valence electrons. The van der Waals surface area contributed by atoms with Gasteiger partial charge in [-0.1, -0.05) is 42.5 Å². The maximum Gasteiger partial charge on any atom is 0.222 e. The van der Waals surface area contributed by atoms with Crippen molar-refractivity contribution in [3.8, 4) is 23.1 Å². The molecule has 25 heavy (non-hydrogen) atoms. The zero-order chi connectivity index (χ0) is 17.6. The van der Waals surface area contributed by atoms with Gasteiger partial charge in [0.25, 0.3) is 0 Å². The van der Waals surface area contributed by atoms with Crippen LogP contribution in [0.15, 0.2) is 54.6 Å². The summed E-state index contributed by atoms with van der Waals surface area (Å²) in [5, 5.41) is 22.0. The molecule has 3 rings (SSSR count). The summed E-state index contributed by atoms with van der Waals surface area (Å²) < 4.78 is 0. The third-order valence-corrected chi connectivity index (χ3v) is 3.73. The smallest absolute Gasteiger partial charge is 0.222 e. The van der Waals surface area contributed by atoms with Gasteiger partial charge in [0, 0.05) is 12.1 Å². The predicted molar refractivity (Wildman–Crippen MR) is 96.9 cm³/mol. The molecule has 0 saturated carbocycles. The highest BCUT2D eigenvalue weighted by atomic mass is 16.3. The van der Waals surface area contributed by atoms with E-state index in [1.165, 1.54) is 0 Å². The molecule has 0 aliphatic heterocycles. The minimum atomic E-state index is 0.116. The zero-order valence-corrected chi connectivity index (χ0v) is 13.5. The quantitative estimate of drug-likeness (QED) is 0.663. The molecule has 0 spiro atoms. The molecular formula is C19H17N5O. The molecule has 0 saturated heterocycles. The number of rotatable bonds is 5. The van der Waals surface area contributed by atoms with Crippen LogP contribution in [0.1, 0.15) is 11.1 Å². The number of nitrogens with one attached hydrogen (secondary N) is 1. The molecule has 0 fully saturated rings. The van der Waals surface area contributed by atoms with Crippen LogP contribution in [0.5, 0.6) is 5.75 Å². The van der Waals surface area contributed by atoms with Gasteiger partial charge in [-0.15, -0.1) is 0 Å². The Hall–Kier alpha value is -3.59. The summed E-state index contributed by atoms with van der Waals surface area (Å²) in [6.45, 7) is 0.574. The molecule has 0 bridgehead atoms. The molecule has 3 aromatic rings. The molecule has 6 nitrogen and oxygen atoms in total. The fraction of sp³-hybridized carbons (Fsp3) is 0.105. The van der Waals surface area contributed by atoms with Crippen LogP contribution in [0, 0.1) is 11.3 Å². The fourth-order valence-corrected chi connectivity index (χ4v) is 2.50. The van der Waals surface area contributed by atoms with Gasteiger partial charge in [-0.25, -0.2) is 4.98 Å².